The molecule has 0 radical (unpaired) electrons. The lowest BCUT2D eigenvalue weighted by atomic mass is 9.98. The highest BCUT2D eigenvalue weighted by atomic mass is 32.2. The Morgan fingerprint density at radius 1 is 1.23 bits per heavy atom. The monoisotopic (exact) mass is 434 g/mol. The maximum absolute atomic E-state index is 13.1. The second-order valence-electron chi connectivity index (χ2n) is 7.56. The molecule has 9 heteroatoms. The number of anilines is 2. The number of aryl methyl sites for hydroxylation is 2. The smallest absolute Gasteiger partial charge is 0.248 e. The van der Waals surface area contributed by atoms with E-state index in [9.17, 15) is 13.2 Å². The van der Waals surface area contributed by atoms with Gasteiger partial charge in [-0.15, -0.1) is 0 Å². The molecule has 1 atom stereocenters. The first-order valence-corrected chi connectivity index (χ1v) is 11.8. The molecule has 0 saturated carbocycles. The zero-order valence-corrected chi connectivity index (χ0v) is 18.8. The number of rotatable bonds is 7. The Bertz CT molecular complexity index is 961. The van der Waals surface area contributed by atoms with E-state index in [1.54, 1.807) is 13.8 Å². The molecule has 2 aromatic rings. The summed E-state index contributed by atoms with van der Waals surface area (Å²) in [6.45, 7) is 9.77. The largest absolute Gasteiger partial charge is 0.372 e. The van der Waals surface area contributed by atoms with Crippen LogP contribution in [0, 0.1) is 19.8 Å². The molecule has 1 fully saturated rings. The SMILES string of the molecule is CCN(CC)c1ccc(NC(=O)C2CCCN(S(=O)(=O)c3c(C)noc3C)C2)cc1. The number of piperidine rings is 1. The summed E-state index contributed by atoms with van der Waals surface area (Å²) in [7, 11) is -3.75. The molecule has 1 amide bonds. The molecule has 1 aromatic carbocycles. The molecule has 1 aliphatic rings. The van der Waals surface area contributed by atoms with Gasteiger partial charge in [0.2, 0.25) is 15.9 Å². The number of amides is 1. The highest BCUT2D eigenvalue weighted by Crippen LogP contribution is 2.28. The molecule has 2 heterocycles. The maximum atomic E-state index is 13.1. The number of aromatic nitrogens is 1. The van der Waals surface area contributed by atoms with Gasteiger partial charge in [0.25, 0.3) is 0 Å². The summed E-state index contributed by atoms with van der Waals surface area (Å²) < 4.78 is 32.5. The molecule has 1 aliphatic heterocycles. The number of hydrogen-bond donors (Lipinski definition) is 1. The minimum absolute atomic E-state index is 0.107. The molecular weight excluding hydrogens is 404 g/mol. The zero-order valence-electron chi connectivity index (χ0n) is 18.0. The van der Waals surface area contributed by atoms with E-state index in [0.29, 0.717) is 30.8 Å². The van der Waals surface area contributed by atoms with Crippen LogP contribution in [0.3, 0.4) is 0 Å². The van der Waals surface area contributed by atoms with Crippen LogP contribution in [0.15, 0.2) is 33.7 Å². The number of sulfonamides is 1. The number of carbonyl (C=O) groups excluding carboxylic acids is 1. The van der Waals surface area contributed by atoms with E-state index in [-0.39, 0.29) is 23.1 Å². The summed E-state index contributed by atoms with van der Waals surface area (Å²) >= 11 is 0. The van der Waals surface area contributed by atoms with Crippen molar-refractivity contribution in [1.82, 2.24) is 9.46 Å². The lowest BCUT2D eigenvalue weighted by Gasteiger charge is -2.31. The van der Waals surface area contributed by atoms with Gasteiger partial charge in [-0.3, -0.25) is 4.79 Å². The fraction of sp³-hybridized carbons (Fsp3) is 0.524. The van der Waals surface area contributed by atoms with Crippen molar-refractivity contribution in [3.8, 4) is 0 Å². The van der Waals surface area contributed by atoms with Crippen LogP contribution >= 0.6 is 0 Å². The van der Waals surface area contributed by atoms with E-state index in [1.165, 1.54) is 4.31 Å². The van der Waals surface area contributed by atoms with Gasteiger partial charge in [-0.1, -0.05) is 5.16 Å². The van der Waals surface area contributed by atoms with Gasteiger partial charge < -0.3 is 14.7 Å². The molecule has 0 aliphatic carbocycles. The van der Waals surface area contributed by atoms with E-state index in [4.69, 9.17) is 4.52 Å². The molecule has 0 bridgehead atoms. The molecule has 1 unspecified atom stereocenters. The van der Waals surface area contributed by atoms with Gasteiger partial charge in [0.1, 0.15) is 10.6 Å². The Morgan fingerprint density at radius 3 is 2.47 bits per heavy atom. The molecular formula is C21H30N4O4S. The van der Waals surface area contributed by atoms with Gasteiger partial charge >= 0.3 is 0 Å². The third-order valence-corrected chi connectivity index (χ3v) is 7.69. The predicted octanol–water partition coefficient (Wildman–Crippen LogP) is 3.18. The van der Waals surface area contributed by atoms with Crippen LogP contribution in [0.1, 0.15) is 38.1 Å². The van der Waals surface area contributed by atoms with E-state index >= 15 is 0 Å². The fourth-order valence-corrected chi connectivity index (χ4v) is 5.75. The third kappa shape index (κ3) is 4.52. The number of carbonyl (C=O) groups is 1. The number of hydrogen-bond acceptors (Lipinski definition) is 6. The summed E-state index contributed by atoms with van der Waals surface area (Å²) in [6, 6.07) is 7.73. The van der Waals surface area contributed by atoms with E-state index in [0.717, 1.165) is 18.8 Å². The van der Waals surface area contributed by atoms with Crippen LogP contribution in [0.2, 0.25) is 0 Å². The van der Waals surface area contributed by atoms with Gasteiger partial charge in [0.05, 0.1) is 5.92 Å². The number of benzene rings is 1. The summed E-state index contributed by atoms with van der Waals surface area (Å²) in [6.07, 6.45) is 1.28. The average Bonchev–Trinajstić information content (AvgIpc) is 3.09. The first-order valence-electron chi connectivity index (χ1n) is 10.4. The molecule has 1 N–H and O–H groups in total. The number of nitrogens with zero attached hydrogens (tertiary/aromatic N) is 3. The van der Waals surface area contributed by atoms with Crippen molar-refractivity contribution in [1.29, 1.82) is 0 Å². The Kier molecular flexibility index (Phi) is 6.82. The van der Waals surface area contributed by atoms with Crippen molar-refractivity contribution in [3.05, 3.63) is 35.7 Å². The molecule has 3 rings (SSSR count). The first-order chi connectivity index (χ1) is 14.3. The minimum atomic E-state index is -3.75. The second kappa shape index (κ2) is 9.18. The van der Waals surface area contributed by atoms with Gasteiger partial charge in [-0.05, 0) is 64.8 Å². The minimum Gasteiger partial charge on any atom is -0.372 e. The lowest BCUT2D eigenvalue weighted by Crippen LogP contribution is -2.43. The Labute approximate surface area is 178 Å². The maximum Gasteiger partial charge on any atom is 0.248 e. The topological polar surface area (TPSA) is 95.8 Å². The Hall–Kier alpha value is -2.39. The lowest BCUT2D eigenvalue weighted by molar-refractivity contribution is -0.120. The highest BCUT2D eigenvalue weighted by Gasteiger charge is 2.36. The zero-order chi connectivity index (χ0) is 21.9. The first kappa shape index (κ1) is 22.3. The van der Waals surface area contributed by atoms with Crippen molar-refractivity contribution < 1.29 is 17.7 Å². The summed E-state index contributed by atoms with van der Waals surface area (Å²) in [5.74, 6) is -0.298. The standard InChI is InChI=1S/C21H30N4O4S/c1-5-24(6-2)19-11-9-18(10-12-19)22-21(26)17-8-7-13-25(14-17)30(27,28)20-15(3)23-29-16(20)4/h9-12,17H,5-8,13-14H2,1-4H3,(H,22,26). The summed E-state index contributed by atoms with van der Waals surface area (Å²) in [5.41, 5.74) is 2.15. The predicted molar refractivity (Wildman–Crippen MR) is 116 cm³/mol. The van der Waals surface area contributed by atoms with Gasteiger partial charge in [-0.2, -0.15) is 4.31 Å². The molecule has 0 spiro atoms. The van der Waals surface area contributed by atoms with Crippen LogP contribution in [0.5, 0.6) is 0 Å². The average molecular weight is 435 g/mol. The van der Waals surface area contributed by atoms with Crippen LogP contribution in [-0.2, 0) is 14.8 Å². The second-order valence-corrected chi connectivity index (χ2v) is 9.44. The third-order valence-electron chi connectivity index (χ3n) is 5.58. The van der Waals surface area contributed by atoms with Crippen molar-refractivity contribution in [3.63, 3.8) is 0 Å². The summed E-state index contributed by atoms with van der Waals surface area (Å²) in [5, 5.41) is 6.69. The molecule has 1 aromatic heterocycles. The molecule has 30 heavy (non-hydrogen) atoms. The highest BCUT2D eigenvalue weighted by molar-refractivity contribution is 7.89. The van der Waals surface area contributed by atoms with Gasteiger partial charge in [-0.25, -0.2) is 8.42 Å². The summed E-state index contributed by atoms with van der Waals surface area (Å²) in [4.78, 5) is 15.2. The number of nitrogens with one attached hydrogen (secondary N) is 1. The normalized spacial score (nSPS) is 17.7. The van der Waals surface area contributed by atoms with Crippen LogP contribution in [0.4, 0.5) is 11.4 Å². The van der Waals surface area contributed by atoms with Crippen LogP contribution < -0.4 is 10.2 Å². The van der Waals surface area contributed by atoms with E-state index in [1.807, 2.05) is 24.3 Å². The van der Waals surface area contributed by atoms with Crippen molar-refractivity contribution in [2.24, 2.45) is 5.92 Å². The molecule has 1 saturated heterocycles. The molecule has 164 valence electrons. The van der Waals surface area contributed by atoms with Crippen molar-refractivity contribution in [2.75, 3.05) is 36.4 Å². The van der Waals surface area contributed by atoms with Gasteiger partial charge in [0, 0.05) is 37.6 Å². The molecule has 8 nitrogen and oxygen atoms in total. The van der Waals surface area contributed by atoms with Crippen LogP contribution in [0.25, 0.3) is 0 Å². The quantitative estimate of drug-likeness (QED) is 0.719. The fourth-order valence-electron chi connectivity index (χ4n) is 3.94. The Morgan fingerprint density at radius 2 is 1.90 bits per heavy atom. The van der Waals surface area contributed by atoms with E-state index < -0.39 is 15.9 Å². The van der Waals surface area contributed by atoms with Crippen LogP contribution in [-0.4, -0.2) is 50.0 Å². The van der Waals surface area contributed by atoms with Gasteiger partial charge in [0.15, 0.2) is 5.76 Å². The Balaban J connectivity index is 1.69. The van der Waals surface area contributed by atoms with E-state index in [2.05, 4.69) is 29.2 Å². The van der Waals surface area contributed by atoms with Crippen molar-refractivity contribution in [2.45, 2.75) is 45.4 Å². The van der Waals surface area contributed by atoms with Crippen molar-refractivity contribution >= 4 is 27.3 Å².